The lowest BCUT2D eigenvalue weighted by Crippen LogP contribution is -1.99. The van der Waals surface area contributed by atoms with Gasteiger partial charge in [0.2, 0.25) is 0 Å². The second-order valence-electron chi connectivity index (χ2n) is 3.88. The summed E-state index contributed by atoms with van der Waals surface area (Å²) >= 11 is 0. The molecule has 2 aromatic rings. The quantitative estimate of drug-likeness (QED) is 0.829. The Morgan fingerprint density at radius 1 is 1.21 bits per heavy atom. The third-order valence-electron chi connectivity index (χ3n) is 2.61. The van der Waals surface area contributed by atoms with Gasteiger partial charge in [0.1, 0.15) is 11.6 Å². The van der Waals surface area contributed by atoms with E-state index in [0.29, 0.717) is 28.4 Å². The highest BCUT2D eigenvalue weighted by molar-refractivity contribution is 5.76. The number of ether oxygens (including phenoxy) is 1. The monoisotopic (exact) mass is 257 g/mol. The van der Waals surface area contributed by atoms with Crippen molar-refractivity contribution in [3.8, 4) is 11.8 Å². The van der Waals surface area contributed by atoms with Crippen molar-refractivity contribution in [3.63, 3.8) is 0 Å². The Labute approximate surface area is 110 Å². The second kappa shape index (κ2) is 5.27. The predicted molar refractivity (Wildman–Crippen MR) is 71.8 cm³/mol. The molecule has 0 aliphatic rings. The van der Waals surface area contributed by atoms with Crippen LogP contribution < -0.4 is 15.8 Å². The SMILES string of the molecule is COc1cc(F)ccc1Nc1ccc(C#N)cc1N. The maximum absolute atomic E-state index is 13.1. The zero-order valence-corrected chi connectivity index (χ0v) is 10.3. The summed E-state index contributed by atoms with van der Waals surface area (Å²) in [5.74, 6) is -0.000963. The van der Waals surface area contributed by atoms with Gasteiger partial charge in [0.05, 0.1) is 35.8 Å². The number of anilines is 3. The lowest BCUT2D eigenvalue weighted by atomic mass is 10.2. The molecule has 2 rings (SSSR count). The van der Waals surface area contributed by atoms with E-state index in [1.54, 1.807) is 24.3 Å². The number of nitrogens with one attached hydrogen (secondary N) is 1. The molecule has 0 spiro atoms. The molecular weight excluding hydrogens is 245 g/mol. The van der Waals surface area contributed by atoms with Crippen LogP contribution in [-0.4, -0.2) is 7.11 Å². The second-order valence-corrected chi connectivity index (χ2v) is 3.88. The molecule has 0 heterocycles. The summed E-state index contributed by atoms with van der Waals surface area (Å²) < 4.78 is 18.2. The molecule has 0 aromatic heterocycles. The van der Waals surface area contributed by atoms with Crippen molar-refractivity contribution in [3.05, 3.63) is 47.8 Å². The Balaban J connectivity index is 2.34. The van der Waals surface area contributed by atoms with Crippen LogP contribution in [0.2, 0.25) is 0 Å². The molecule has 0 atom stereocenters. The maximum atomic E-state index is 13.1. The molecule has 0 aliphatic heterocycles. The largest absolute Gasteiger partial charge is 0.494 e. The van der Waals surface area contributed by atoms with Crippen LogP contribution in [-0.2, 0) is 0 Å². The van der Waals surface area contributed by atoms with Gasteiger partial charge in [0.15, 0.2) is 0 Å². The molecule has 0 radical (unpaired) electrons. The molecule has 0 unspecified atom stereocenters. The smallest absolute Gasteiger partial charge is 0.145 e. The van der Waals surface area contributed by atoms with Crippen molar-refractivity contribution < 1.29 is 9.13 Å². The summed E-state index contributed by atoms with van der Waals surface area (Å²) in [6.45, 7) is 0. The topological polar surface area (TPSA) is 71.1 Å². The number of hydrogen-bond donors (Lipinski definition) is 2. The molecule has 0 aliphatic carbocycles. The third-order valence-corrected chi connectivity index (χ3v) is 2.61. The van der Waals surface area contributed by atoms with E-state index in [4.69, 9.17) is 15.7 Å². The Kier molecular flexibility index (Phi) is 3.53. The Morgan fingerprint density at radius 2 is 1.95 bits per heavy atom. The molecule has 0 saturated heterocycles. The Morgan fingerprint density at radius 3 is 2.58 bits per heavy atom. The highest BCUT2D eigenvalue weighted by Gasteiger charge is 2.07. The standard InChI is InChI=1S/C14H12FN3O/c1-19-14-7-10(15)3-5-13(14)18-12-4-2-9(8-16)6-11(12)17/h2-7,18H,17H2,1H3. The molecular formula is C14H12FN3O. The van der Waals surface area contributed by atoms with Gasteiger partial charge in [-0.25, -0.2) is 4.39 Å². The fourth-order valence-corrected chi connectivity index (χ4v) is 1.66. The van der Waals surface area contributed by atoms with Crippen molar-refractivity contribution in [2.75, 3.05) is 18.2 Å². The molecule has 0 fully saturated rings. The van der Waals surface area contributed by atoms with Crippen LogP contribution in [0.3, 0.4) is 0 Å². The van der Waals surface area contributed by atoms with Crippen molar-refractivity contribution in [2.24, 2.45) is 0 Å². The van der Waals surface area contributed by atoms with Gasteiger partial charge in [-0.15, -0.1) is 0 Å². The average molecular weight is 257 g/mol. The molecule has 3 N–H and O–H groups in total. The lowest BCUT2D eigenvalue weighted by molar-refractivity contribution is 0.413. The van der Waals surface area contributed by atoms with E-state index >= 15 is 0 Å². The van der Waals surface area contributed by atoms with E-state index in [2.05, 4.69) is 5.32 Å². The number of nitrogens with zero attached hydrogens (tertiary/aromatic N) is 1. The van der Waals surface area contributed by atoms with Crippen molar-refractivity contribution in [1.29, 1.82) is 5.26 Å². The average Bonchev–Trinajstić information content (AvgIpc) is 2.42. The molecule has 2 aromatic carbocycles. The predicted octanol–water partition coefficient (Wildman–Crippen LogP) is 3.03. The number of methoxy groups -OCH3 is 1. The normalized spacial score (nSPS) is 9.74. The first-order valence-electron chi connectivity index (χ1n) is 5.54. The van der Waals surface area contributed by atoms with E-state index in [9.17, 15) is 4.39 Å². The van der Waals surface area contributed by atoms with Crippen LogP contribution in [0.1, 0.15) is 5.56 Å². The molecule has 0 bridgehead atoms. The maximum Gasteiger partial charge on any atom is 0.145 e. The summed E-state index contributed by atoms with van der Waals surface area (Å²) in [6, 6.07) is 11.1. The van der Waals surface area contributed by atoms with E-state index in [1.807, 2.05) is 6.07 Å². The van der Waals surface area contributed by atoms with Gasteiger partial charge in [-0.2, -0.15) is 5.26 Å². The number of nitrogen functional groups attached to an aromatic ring is 1. The van der Waals surface area contributed by atoms with Crippen molar-refractivity contribution in [2.45, 2.75) is 0 Å². The zero-order valence-electron chi connectivity index (χ0n) is 10.3. The van der Waals surface area contributed by atoms with Crippen LogP contribution in [0.15, 0.2) is 36.4 Å². The van der Waals surface area contributed by atoms with E-state index in [0.717, 1.165) is 0 Å². The van der Waals surface area contributed by atoms with Crippen LogP contribution in [0, 0.1) is 17.1 Å². The van der Waals surface area contributed by atoms with Gasteiger partial charge in [-0.1, -0.05) is 0 Å². The molecule has 19 heavy (non-hydrogen) atoms. The van der Waals surface area contributed by atoms with Gasteiger partial charge >= 0.3 is 0 Å². The highest BCUT2D eigenvalue weighted by atomic mass is 19.1. The highest BCUT2D eigenvalue weighted by Crippen LogP contribution is 2.30. The first kappa shape index (κ1) is 12.7. The Hall–Kier alpha value is -2.74. The molecule has 0 saturated carbocycles. The minimum Gasteiger partial charge on any atom is -0.494 e. The summed E-state index contributed by atoms with van der Waals surface area (Å²) in [7, 11) is 1.46. The van der Waals surface area contributed by atoms with Crippen molar-refractivity contribution in [1.82, 2.24) is 0 Å². The number of rotatable bonds is 3. The summed E-state index contributed by atoms with van der Waals surface area (Å²) in [5, 5.41) is 11.8. The summed E-state index contributed by atoms with van der Waals surface area (Å²) in [6.07, 6.45) is 0. The van der Waals surface area contributed by atoms with Gasteiger partial charge in [0.25, 0.3) is 0 Å². The lowest BCUT2D eigenvalue weighted by Gasteiger charge is -2.13. The van der Waals surface area contributed by atoms with Gasteiger partial charge in [0, 0.05) is 6.07 Å². The first-order chi connectivity index (χ1) is 9.13. The minimum atomic E-state index is -0.379. The fourth-order valence-electron chi connectivity index (χ4n) is 1.66. The van der Waals surface area contributed by atoms with E-state index in [1.165, 1.54) is 19.2 Å². The van der Waals surface area contributed by atoms with Gasteiger partial charge < -0.3 is 15.8 Å². The fraction of sp³-hybridized carbons (Fsp3) is 0.0714. The number of nitrogens with two attached hydrogens (primary N) is 1. The number of nitriles is 1. The number of hydrogen-bond acceptors (Lipinski definition) is 4. The first-order valence-corrected chi connectivity index (χ1v) is 5.54. The van der Waals surface area contributed by atoms with Crippen LogP contribution >= 0.6 is 0 Å². The zero-order chi connectivity index (χ0) is 13.8. The molecule has 5 heteroatoms. The van der Waals surface area contributed by atoms with Gasteiger partial charge in [-0.05, 0) is 30.3 Å². The van der Waals surface area contributed by atoms with Crippen LogP contribution in [0.25, 0.3) is 0 Å². The third kappa shape index (κ3) is 2.75. The van der Waals surface area contributed by atoms with Crippen LogP contribution in [0.5, 0.6) is 5.75 Å². The summed E-state index contributed by atoms with van der Waals surface area (Å²) in [4.78, 5) is 0. The summed E-state index contributed by atoms with van der Waals surface area (Å²) in [5.41, 5.74) is 7.98. The number of benzene rings is 2. The van der Waals surface area contributed by atoms with Crippen molar-refractivity contribution >= 4 is 17.1 Å². The minimum absolute atomic E-state index is 0.378. The molecule has 96 valence electrons. The Bertz CT molecular complexity index is 650. The van der Waals surface area contributed by atoms with Gasteiger partial charge in [-0.3, -0.25) is 0 Å². The number of halogens is 1. The van der Waals surface area contributed by atoms with E-state index in [-0.39, 0.29) is 5.82 Å². The molecule has 4 nitrogen and oxygen atoms in total. The van der Waals surface area contributed by atoms with E-state index < -0.39 is 0 Å². The van der Waals surface area contributed by atoms with Crippen LogP contribution in [0.4, 0.5) is 21.5 Å². The molecule has 0 amide bonds.